The number of halogens is 3. The molecule has 0 aliphatic rings. The highest BCUT2D eigenvalue weighted by Gasteiger charge is 2.13. The van der Waals surface area contributed by atoms with Crippen LogP contribution in [0.5, 0.6) is 0 Å². The molecule has 2 nitrogen and oxygen atoms in total. The van der Waals surface area contributed by atoms with Crippen LogP contribution in [-0.2, 0) is 6.42 Å². The van der Waals surface area contributed by atoms with Crippen LogP contribution < -0.4 is 0 Å². The van der Waals surface area contributed by atoms with Gasteiger partial charge in [-0.15, -0.1) is 0 Å². The average molecular weight is 407 g/mol. The molecule has 2 aromatic rings. The van der Waals surface area contributed by atoms with Crippen molar-refractivity contribution in [2.75, 3.05) is 0 Å². The first-order chi connectivity index (χ1) is 8.97. The lowest BCUT2D eigenvalue weighted by Gasteiger charge is -2.10. The summed E-state index contributed by atoms with van der Waals surface area (Å²) in [5.74, 6) is 1.18. The number of hydrogen-bond donors (Lipinski definition) is 0. The second-order valence-corrected chi connectivity index (χ2v) is 6.58. The maximum atomic E-state index is 6.20. The van der Waals surface area contributed by atoms with Gasteiger partial charge in [-0.05, 0) is 59.2 Å². The number of nitrogens with zero attached hydrogens (tertiary/aromatic N) is 2. The van der Waals surface area contributed by atoms with E-state index >= 15 is 0 Å². The highest BCUT2D eigenvalue weighted by Crippen LogP contribution is 2.26. The minimum absolute atomic E-state index is 0.510. The molecule has 5 heteroatoms. The van der Waals surface area contributed by atoms with Gasteiger partial charge in [0.1, 0.15) is 5.15 Å². The first kappa shape index (κ1) is 15.0. The van der Waals surface area contributed by atoms with Crippen molar-refractivity contribution in [2.45, 2.75) is 20.3 Å². The SMILES string of the molecule is CC(C)Cc1nc(-c2ccc(Cl)cc2)nc(Cl)c1I. The molecule has 19 heavy (non-hydrogen) atoms. The molecule has 2 rings (SSSR count). The number of aromatic nitrogens is 2. The van der Waals surface area contributed by atoms with E-state index in [0.717, 1.165) is 21.2 Å². The summed E-state index contributed by atoms with van der Waals surface area (Å²) in [6, 6.07) is 7.46. The van der Waals surface area contributed by atoms with Crippen LogP contribution in [0.2, 0.25) is 10.2 Å². The van der Waals surface area contributed by atoms with Gasteiger partial charge in [0.2, 0.25) is 0 Å². The van der Waals surface area contributed by atoms with Gasteiger partial charge in [-0.1, -0.05) is 37.0 Å². The Morgan fingerprint density at radius 3 is 2.32 bits per heavy atom. The Morgan fingerprint density at radius 1 is 1.11 bits per heavy atom. The third kappa shape index (κ3) is 3.80. The van der Waals surface area contributed by atoms with Gasteiger partial charge in [-0.3, -0.25) is 0 Å². The number of hydrogen-bond acceptors (Lipinski definition) is 2. The van der Waals surface area contributed by atoms with Gasteiger partial charge in [0.15, 0.2) is 5.82 Å². The Bertz CT molecular complexity index is 583. The molecule has 0 aliphatic carbocycles. The minimum Gasteiger partial charge on any atom is -0.232 e. The Balaban J connectivity index is 2.46. The Morgan fingerprint density at radius 2 is 1.74 bits per heavy atom. The fourth-order valence-corrected chi connectivity index (χ4v) is 2.49. The van der Waals surface area contributed by atoms with Crippen molar-refractivity contribution >= 4 is 45.8 Å². The summed E-state index contributed by atoms with van der Waals surface area (Å²) in [6.45, 7) is 4.32. The van der Waals surface area contributed by atoms with Crippen LogP contribution in [0, 0.1) is 9.49 Å². The first-order valence-electron chi connectivity index (χ1n) is 5.95. The molecule has 0 saturated carbocycles. The van der Waals surface area contributed by atoms with Crippen molar-refractivity contribution in [3.05, 3.63) is 43.7 Å². The molecule has 100 valence electrons. The molecule has 0 bridgehead atoms. The summed E-state index contributed by atoms with van der Waals surface area (Å²) in [6.07, 6.45) is 0.890. The number of rotatable bonds is 3. The van der Waals surface area contributed by atoms with Gasteiger partial charge >= 0.3 is 0 Å². The average Bonchev–Trinajstić information content (AvgIpc) is 2.35. The van der Waals surface area contributed by atoms with E-state index in [1.807, 2.05) is 24.3 Å². The predicted molar refractivity (Wildman–Crippen MR) is 88.7 cm³/mol. The quantitative estimate of drug-likeness (QED) is 0.513. The predicted octanol–water partition coefficient (Wildman–Crippen LogP) is 5.25. The van der Waals surface area contributed by atoms with Crippen LogP contribution in [0.4, 0.5) is 0 Å². The third-order valence-corrected chi connectivity index (χ3v) is 4.56. The molecule has 0 atom stereocenters. The van der Waals surface area contributed by atoms with Crippen molar-refractivity contribution in [3.63, 3.8) is 0 Å². The molecule has 0 amide bonds. The second-order valence-electron chi connectivity index (χ2n) is 4.70. The van der Waals surface area contributed by atoms with Gasteiger partial charge in [0.05, 0.1) is 9.26 Å². The molecule has 0 aliphatic heterocycles. The van der Waals surface area contributed by atoms with Crippen LogP contribution in [0.1, 0.15) is 19.5 Å². The third-order valence-electron chi connectivity index (χ3n) is 2.58. The summed E-state index contributed by atoms with van der Waals surface area (Å²) in [4.78, 5) is 8.97. The Hall–Kier alpha value is -0.390. The van der Waals surface area contributed by atoms with Crippen LogP contribution in [-0.4, -0.2) is 9.97 Å². The summed E-state index contributed by atoms with van der Waals surface area (Å²) >= 11 is 14.3. The van der Waals surface area contributed by atoms with Gasteiger partial charge in [0, 0.05) is 10.6 Å². The van der Waals surface area contributed by atoms with Gasteiger partial charge in [0.25, 0.3) is 0 Å². The van der Waals surface area contributed by atoms with E-state index < -0.39 is 0 Å². The Kier molecular flexibility index (Phi) is 5.03. The molecule has 1 aromatic carbocycles. The van der Waals surface area contributed by atoms with Gasteiger partial charge in [-0.2, -0.15) is 0 Å². The largest absolute Gasteiger partial charge is 0.232 e. The van der Waals surface area contributed by atoms with E-state index in [2.05, 4.69) is 46.4 Å². The molecule has 0 radical (unpaired) electrons. The number of benzene rings is 1. The van der Waals surface area contributed by atoms with Crippen LogP contribution in [0.3, 0.4) is 0 Å². The van der Waals surface area contributed by atoms with E-state index in [1.165, 1.54) is 0 Å². The second kappa shape index (κ2) is 6.37. The molecule has 0 unspecified atom stereocenters. The highest BCUT2D eigenvalue weighted by molar-refractivity contribution is 14.1. The molecule has 0 fully saturated rings. The zero-order chi connectivity index (χ0) is 14.0. The molecule has 0 saturated heterocycles. The lowest BCUT2D eigenvalue weighted by molar-refractivity contribution is 0.632. The molecule has 1 aromatic heterocycles. The van der Waals surface area contributed by atoms with E-state index in [1.54, 1.807) is 0 Å². The normalized spacial score (nSPS) is 11.1. The monoisotopic (exact) mass is 406 g/mol. The van der Waals surface area contributed by atoms with Crippen LogP contribution in [0.15, 0.2) is 24.3 Å². The highest BCUT2D eigenvalue weighted by atomic mass is 127. The molecule has 1 heterocycles. The summed E-state index contributed by atoms with van der Waals surface area (Å²) in [5.41, 5.74) is 1.92. The van der Waals surface area contributed by atoms with E-state index in [4.69, 9.17) is 23.2 Å². The van der Waals surface area contributed by atoms with Gasteiger partial charge < -0.3 is 0 Å². The van der Waals surface area contributed by atoms with Crippen LogP contribution >= 0.6 is 45.8 Å². The first-order valence-corrected chi connectivity index (χ1v) is 7.78. The maximum Gasteiger partial charge on any atom is 0.161 e. The summed E-state index contributed by atoms with van der Waals surface area (Å²) < 4.78 is 0.936. The fourth-order valence-electron chi connectivity index (χ4n) is 1.71. The van der Waals surface area contributed by atoms with Crippen molar-refractivity contribution in [2.24, 2.45) is 5.92 Å². The van der Waals surface area contributed by atoms with E-state index in [0.29, 0.717) is 21.9 Å². The minimum atomic E-state index is 0.510. The lowest BCUT2D eigenvalue weighted by Crippen LogP contribution is -2.04. The zero-order valence-electron chi connectivity index (χ0n) is 10.6. The fraction of sp³-hybridized carbons (Fsp3) is 0.286. The maximum absolute atomic E-state index is 6.20. The topological polar surface area (TPSA) is 25.8 Å². The van der Waals surface area contributed by atoms with Crippen LogP contribution in [0.25, 0.3) is 11.4 Å². The van der Waals surface area contributed by atoms with Crippen molar-refractivity contribution in [3.8, 4) is 11.4 Å². The Labute approximate surface area is 136 Å². The molecular weight excluding hydrogens is 394 g/mol. The van der Waals surface area contributed by atoms with Crippen molar-refractivity contribution in [1.29, 1.82) is 0 Å². The van der Waals surface area contributed by atoms with Crippen molar-refractivity contribution in [1.82, 2.24) is 9.97 Å². The van der Waals surface area contributed by atoms with E-state index in [9.17, 15) is 0 Å². The van der Waals surface area contributed by atoms with E-state index in [-0.39, 0.29) is 0 Å². The molecule has 0 N–H and O–H groups in total. The zero-order valence-corrected chi connectivity index (χ0v) is 14.3. The lowest BCUT2D eigenvalue weighted by atomic mass is 10.1. The summed E-state index contributed by atoms with van der Waals surface area (Å²) in [5, 5.41) is 1.21. The standard InChI is InChI=1S/C14H13Cl2IN2/c1-8(2)7-11-12(17)13(16)19-14(18-11)9-3-5-10(15)6-4-9/h3-6,8H,7H2,1-2H3. The molecule has 0 spiro atoms. The van der Waals surface area contributed by atoms with Gasteiger partial charge in [-0.25, -0.2) is 9.97 Å². The van der Waals surface area contributed by atoms with Crippen molar-refractivity contribution < 1.29 is 0 Å². The smallest absolute Gasteiger partial charge is 0.161 e. The molecular formula is C14H13Cl2IN2. The summed E-state index contributed by atoms with van der Waals surface area (Å²) in [7, 11) is 0.